The number of nitrogens with zero attached hydrogens (tertiary/aromatic N) is 1. The number of hydrogen-bond acceptors (Lipinski definition) is 2. The number of rotatable bonds is 3. The van der Waals surface area contributed by atoms with Gasteiger partial charge >= 0.3 is 6.18 Å². The highest BCUT2D eigenvalue weighted by atomic mass is 79.9. The lowest BCUT2D eigenvalue weighted by Gasteiger charge is -2.33. The van der Waals surface area contributed by atoms with Gasteiger partial charge in [0, 0.05) is 29.3 Å². The van der Waals surface area contributed by atoms with Gasteiger partial charge in [0.15, 0.2) is 0 Å². The van der Waals surface area contributed by atoms with Crippen molar-refractivity contribution in [3.05, 3.63) is 28.2 Å². The van der Waals surface area contributed by atoms with Crippen LogP contribution in [0, 0.1) is 6.92 Å². The zero-order valence-electron chi connectivity index (χ0n) is 11.3. The van der Waals surface area contributed by atoms with Crippen molar-refractivity contribution in [2.75, 3.05) is 25.0 Å². The lowest BCUT2D eigenvalue weighted by atomic mass is 10.0. The minimum Gasteiger partial charge on any atom is -0.382 e. The molecule has 0 aromatic heterocycles. The van der Waals surface area contributed by atoms with E-state index in [9.17, 15) is 13.2 Å². The van der Waals surface area contributed by atoms with E-state index < -0.39 is 12.7 Å². The number of alkyl halides is 3. The van der Waals surface area contributed by atoms with Gasteiger partial charge in [0.2, 0.25) is 0 Å². The SMILES string of the molecule is Cc1cc(NC2CCN(CC(F)(F)F)CC2)ccc1Br. The van der Waals surface area contributed by atoms with E-state index in [1.165, 1.54) is 4.90 Å². The summed E-state index contributed by atoms with van der Waals surface area (Å²) in [5.41, 5.74) is 2.17. The van der Waals surface area contributed by atoms with Crippen molar-refractivity contribution in [2.45, 2.75) is 32.0 Å². The standard InChI is InChI=1S/C14H18BrF3N2/c1-10-8-12(2-3-13(10)15)19-11-4-6-20(7-5-11)9-14(16,17)18/h2-3,8,11,19H,4-7,9H2,1H3. The fraction of sp³-hybridized carbons (Fsp3) is 0.571. The molecule has 6 heteroatoms. The van der Waals surface area contributed by atoms with Crippen molar-refractivity contribution in [3.8, 4) is 0 Å². The highest BCUT2D eigenvalue weighted by Crippen LogP contribution is 2.24. The Bertz CT molecular complexity index is 454. The molecule has 20 heavy (non-hydrogen) atoms. The van der Waals surface area contributed by atoms with Crippen LogP contribution in [0.15, 0.2) is 22.7 Å². The summed E-state index contributed by atoms with van der Waals surface area (Å²) in [5.74, 6) is 0. The van der Waals surface area contributed by atoms with Gasteiger partial charge in [0.05, 0.1) is 6.54 Å². The van der Waals surface area contributed by atoms with E-state index >= 15 is 0 Å². The summed E-state index contributed by atoms with van der Waals surface area (Å²) < 4.78 is 38.0. The second kappa shape index (κ2) is 6.35. The topological polar surface area (TPSA) is 15.3 Å². The third-order valence-electron chi connectivity index (χ3n) is 3.52. The molecule has 1 saturated heterocycles. The van der Waals surface area contributed by atoms with Gasteiger partial charge in [-0.2, -0.15) is 13.2 Å². The van der Waals surface area contributed by atoms with Gasteiger partial charge in [-0.15, -0.1) is 0 Å². The third kappa shape index (κ3) is 4.66. The molecule has 1 N–H and O–H groups in total. The fourth-order valence-electron chi connectivity index (χ4n) is 2.46. The van der Waals surface area contributed by atoms with Crippen molar-refractivity contribution in [3.63, 3.8) is 0 Å². The number of benzene rings is 1. The summed E-state index contributed by atoms with van der Waals surface area (Å²) in [5, 5.41) is 3.40. The molecule has 2 nitrogen and oxygen atoms in total. The van der Waals surface area contributed by atoms with Gasteiger partial charge in [0.25, 0.3) is 0 Å². The van der Waals surface area contributed by atoms with E-state index in [-0.39, 0.29) is 6.04 Å². The molecule has 112 valence electrons. The van der Waals surface area contributed by atoms with Crippen LogP contribution in [-0.2, 0) is 0 Å². The van der Waals surface area contributed by atoms with Crippen LogP contribution in [-0.4, -0.2) is 36.8 Å². The molecule has 0 atom stereocenters. The van der Waals surface area contributed by atoms with Crippen LogP contribution in [0.25, 0.3) is 0 Å². The van der Waals surface area contributed by atoms with Gasteiger partial charge < -0.3 is 5.32 Å². The predicted molar refractivity (Wildman–Crippen MR) is 78.0 cm³/mol. The number of halogens is 4. The molecule has 1 aliphatic rings. The number of nitrogens with one attached hydrogen (secondary N) is 1. The predicted octanol–water partition coefficient (Wildman–Crippen LogP) is 4.20. The Morgan fingerprint density at radius 2 is 1.95 bits per heavy atom. The Kier molecular flexibility index (Phi) is 4.96. The maximum Gasteiger partial charge on any atom is 0.401 e. The third-order valence-corrected chi connectivity index (χ3v) is 4.41. The first-order chi connectivity index (χ1) is 9.33. The number of likely N-dealkylation sites (tertiary alicyclic amines) is 1. The first-order valence-electron chi connectivity index (χ1n) is 6.65. The van der Waals surface area contributed by atoms with E-state index in [1.54, 1.807) is 0 Å². The van der Waals surface area contributed by atoms with E-state index in [1.807, 2.05) is 25.1 Å². The van der Waals surface area contributed by atoms with E-state index in [2.05, 4.69) is 21.2 Å². The summed E-state index contributed by atoms with van der Waals surface area (Å²) in [7, 11) is 0. The van der Waals surface area contributed by atoms with Crippen LogP contribution >= 0.6 is 15.9 Å². The Labute approximate surface area is 125 Å². The van der Waals surface area contributed by atoms with Crippen molar-refractivity contribution in [2.24, 2.45) is 0 Å². The van der Waals surface area contributed by atoms with Crippen LogP contribution in [0.4, 0.5) is 18.9 Å². The summed E-state index contributed by atoms with van der Waals surface area (Å²) >= 11 is 3.45. The minimum atomic E-state index is -4.09. The monoisotopic (exact) mass is 350 g/mol. The van der Waals surface area contributed by atoms with Crippen LogP contribution < -0.4 is 5.32 Å². The molecule has 0 amide bonds. The van der Waals surface area contributed by atoms with Crippen molar-refractivity contribution >= 4 is 21.6 Å². The molecule has 1 aromatic rings. The molecule has 1 fully saturated rings. The average molecular weight is 351 g/mol. The molecule has 0 spiro atoms. The highest BCUT2D eigenvalue weighted by molar-refractivity contribution is 9.10. The molecule has 0 radical (unpaired) electrons. The molecule has 0 bridgehead atoms. The number of anilines is 1. The zero-order chi connectivity index (χ0) is 14.8. The van der Waals surface area contributed by atoms with Crippen LogP contribution in [0.5, 0.6) is 0 Å². The Morgan fingerprint density at radius 3 is 2.50 bits per heavy atom. The van der Waals surface area contributed by atoms with Crippen LogP contribution in [0.2, 0.25) is 0 Å². The maximum atomic E-state index is 12.3. The smallest absolute Gasteiger partial charge is 0.382 e. The van der Waals surface area contributed by atoms with Gasteiger partial charge in [0.1, 0.15) is 0 Å². The maximum absolute atomic E-state index is 12.3. The highest BCUT2D eigenvalue weighted by Gasteiger charge is 2.32. The summed E-state index contributed by atoms with van der Waals surface area (Å²) in [4.78, 5) is 1.48. The molecule has 1 aromatic carbocycles. The Hall–Kier alpha value is -0.750. The molecule has 0 unspecified atom stereocenters. The van der Waals surface area contributed by atoms with Crippen molar-refractivity contribution in [1.29, 1.82) is 0 Å². The molecular weight excluding hydrogens is 333 g/mol. The summed E-state index contributed by atoms with van der Waals surface area (Å²) in [6.45, 7) is 2.21. The second-order valence-corrected chi connectivity index (χ2v) is 6.13. The normalized spacial score (nSPS) is 18.2. The van der Waals surface area contributed by atoms with Gasteiger partial charge in [-0.25, -0.2) is 0 Å². The van der Waals surface area contributed by atoms with Gasteiger partial charge in [-0.05, 0) is 43.5 Å². The molecule has 1 heterocycles. The van der Waals surface area contributed by atoms with Gasteiger partial charge in [-0.1, -0.05) is 15.9 Å². The lowest BCUT2D eigenvalue weighted by Crippen LogP contribution is -2.43. The quantitative estimate of drug-likeness (QED) is 0.878. The van der Waals surface area contributed by atoms with E-state index in [0.29, 0.717) is 13.1 Å². The van der Waals surface area contributed by atoms with Crippen molar-refractivity contribution < 1.29 is 13.2 Å². The minimum absolute atomic E-state index is 0.250. The van der Waals surface area contributed by atoms with Crippen LogP contribution in [0.1, 0.15) is 18.4 Å². The first-order valence-corrected chi connectivity index (χ1v) is 7.44. The average Bonchev–Trinajstić information content (AvgIpc) is 2.35. The summed E-state index contributed by atoms with van der Waals surface area (Å²) in [6.07, 6.45) is -2.61. The van der Waals surface area contributed by atoms with Crippen molar-refractivity contribution in [1.82, 2.24) is 4.90 Å². The van der Waals surface area contributed by atoms with E-state index in [4.69, 9.17) is 0 Å². The lowest BCUT2D eigenvalue weighted by molar-refractivity contribution is -0.147. The molecule has 0 saturated carbocycles. The van der Waals surface area contributed by atoms with Crippen LogP contribution in [0.3, 0.4) is 0 Å². The Balaban J connectivity index is 1.83. The number of aryl methyl sites for hydroxylation is 1. The fourth-order valence-corrected chi connectivity index (χ4v) is 2.71. The number of piperidine rings is 1. The zero-order valence-corrected chi connectivity index (χ0v) is 12.9. The van der Waals surface area contributed by atoms with E-state index in [0.717, 1.165) is 28.6 Å². The largest absolute Gasteiger partial charge is 0.401 e. The summed E-state index contributed by atoms with van der Waals surface area (Å²) in [6, 6.07) is 6.27. The Morgan fingerprint density at radius 1 is 1.30 bits per heavy atom. The second-order valence-electron chi connectivity index (χ2n) is 5.27. The molecular formula is C14H18BrF3N2. The first kappa shape index (κ1) is 15.6. The molecule has 2 rings (SSSR count). The number of hydrogen-bond donors (Lipinski definition) is 1. The molecule has 1 aliphatic heterocycles. The molecule has 0 aliphatic carbocycles. The van der Waals surface area contributed by atoms with Gasteiger partial charge in [-0.3, -0.25) is 4.90 Å².